The van der Waals surface area contributed by atoms with Crippen molar-refractivity contribution >= 4 is 22.2 Å². The Morgan fingerprint density at radius 2 is 2.16 bits per heavy atom. The van der Waals surface area contributed by atoms with E-state index in [4.69, 9.17) is 4.74 Å². The van der Waals surface area contributed by atoms with E-state index >= 15 is 0 Å². The Morgan fingerprint density at radius 3 is 2.84 bits per heavy atom. The van der Waals surface area contributed by atoms with Crippen LogP contribution in [0.3, 0.4) is 0 Å². The van der Waals surface area contributed by atoms with Crippen LogP contribution in [0.25, 0.3) is 16.6 Å². The normalized spacial score (nSPS) is 11.1. The monoisotopic (exact) mass is 259 g/mol. The van der Waals surface area contributed by atoms with Crippen LogP contribution in [0.4, 0.5) is 5.69 Å². The lowest BCUT2D eigenvalue weighted by Crippen LogP contribution is -1.97. The molecule has 3 rings (SSSR count). The molecule has 0 atom stereocenters. The molecule has 3 heterocycles. The van der Waals surface area contributed by atoms with Crippen LogP contribution in [0.5, 0.6) is 5.88 Å². The molecule has 3 aromatic heterocycles. The molecule has 0 N–H and O–H groups in total. The van der Waals surface area contributed by atoms with Crippen LogP contribution >= 0.6 is 0 Å². The van der Waals surface area contributed by atoms with E-state index in [1.165, 1.54) is 11.6 Å². The molecule has 96 valence electrons. The number of hydrogen-bond donors (Lipinski definition) is 0. The van der Waals surface area contributed by atoms with Crippen molar-refractivity contribution in [3.8, 4) is 5.88 Å². The van der Waals surface area contributed by atoms with Gasteiger partial charge < -0.3 is 4.74 Å². The first-order valence-electron chi connectivity index (χ1n) is 5.46. The van der Waals surface area contributed by atoms with Crippen LogP contribution in [0, 0.1) is 17.0 Å². The Morgan fingerprint density at radius 1 is 1.37 bits per heavy atom. The van der Waals surface area contributed by atoms with Crippen LogP contribution in [0.2, 0.25) is 0 Å². The van der Waals surface area contributed by atoms with E-state index in [-0.39, 0.29) is 5.69 Å². The van der Waals surface area contributed by atoms with Gasteiger partial charge in [0.1, 0.15) is 10.9 Å². The minimum atomic E-state index is -0.438. The van der Waals surface area contributed by atoms with Crippen LogP contribution in [-0.4, -0.2) is 31.8 Å². The standard InChI is InChI=1S/C11H9N5O3/c1-6-5-7-10(16(17)18)8-3-4-9(19-2)14-15(8)11(7)13-12-6/h3-5H,1-2H3. The fourth-order valence-corrected chi connectivity index (χ4v) is 2.00. The summed E-state index contributed by atoms with van der Waals surface area (Å²) in [5.41, 5.74) is 1.29. The van der Waals surface area contributed by atoms with Gasteiger partial charge in [-0.3, -0.25) is 10.1 Å². The third kappa shape index (κ3) is 1.57. The summed E-state index contributed by atoms with van der Waals surface area (Å²) in [6.07, 6.45) is 0. The molecule has 0 spiro atoms. The fourth-order valence-electron chi connectivity index (χ4n) is 2.00. The number of aromatic nitrogens is 4. The highest BCUT2D eigenvalue weighted by atomic mass is 16.6. The summed E-state index contributed by atoms with van der Waals surface area (Å²) in [5.74, 6) is 0.349. The van der Waals surface area contributed by atoms with Crippen molar-refractivity contribution in [3.63, 3.8) is 0 Å². The summed E-state index contributed by atoms with van der Waals surface area (Å²) < 4.78 is 6.39. The molecule has 0 fully saturated rings. The molecule has 3 aromatic rings. The molecule has 0 aliphatic heterocycles. The highest BCUT2D eigenvalue weighted by molar-refractivity contribution is 5.96. The summed E-state index contributed by atoms with van der Waals surface area (Å²) in [4.78, 5) is 10.8. The van der Waals surface area contributed by atoms with Crippen LogP contribution < -0.4 is 4.74 Å². The van der Waals surface area contributed by atoms with Gasteiger partial charge in [-0.2, -0.15) is 5.10 Å². The average Bonchev–Trinajstić information content (AvgIpc) is 2.70. The fraction of sp³-hybridized carbons (Fsp3) is 0.182. The zero-order chi connectivity index (χ0) is 13.6. The van der Waals surface area contributed by atoms with Gasteiger partial charge in [-0.15, -0.1) is 10.2 Å². The maximum Gasteiger partial charge on any atom is 0.306 e. The van der Waals surface area contributed by atoms with Crippen LogP contribution in [-0.2, 0) is 0 Å². The second-order valence-electron chi connectivity index (χ2n) is 4.00. The Bertz CT molecular complexity index is 811. The maximum atomic E-state index is 11.2. The lowest BCUT2D eigenvalue weighted by molar-refractivity contribution is -0.381. The van der Waals surface area contributed by atoms with Gasteiger partial charge in [-0.25, -0.2) is 4.52 Å². The molecule has 0 saturated heterocycles. The average molecular weight is 259 g/mol. The molecule has 0 aliphatic carbocycles. The quantitative estimate of drug-likeness (QED) is 0.511. The molecular formula is C11H9N5O3. The maximum absolute atomic E-state index is 11.2. The van der Waals surface area contributed by atoms with E-state index in [0.717, 1.165) is 0 Å². The second kappa shape index (κ2) is 3.87. The molecule has 0 radical (unpaired) electrons. The highest BCUT2D eigenvalue weighted by Gasteiger charge is 2.24. The van der Waals surface area contributed by atoms with Crippen molar-refractivity contribution in [2.75, 3.05) is 7.11 Å². The number of methoxy groups -OCH3 is 1. The number of nitrogens with zero attached hydrogens (tertiary/aromatic N) is 5. The van der Waals surface area contributed by atoms with Crippen molar-refractivity contribution in [1.29, 1.82) is 0 Å². The number of rotatable bonds is 2. The number of fused-ring (bicyclic) bond motifs is 3. The number of ether oxygens (including phenoxy) is 1. The van der Waals surface area contributed by atoms with Crippen molar-refractivity contribution < 1.29 is 9.66 Å². The molecule has 8 nitrogen and oxygen atoms in total. The molecule has 19 heavy (non-hydrogen) atoms. The molecular weight excluding hydrogens is 250 g/mol. The van der Waals surface area contributed by atoms with Gasteiger partial charge in [-0.1, -0.05) is 0 Å². The Labute approximate surface area is 106 Å². The van der Waals surface area contributed by atoms with Gasteiger partial charge in [0, 0.05) is 6.07 Å². The largest absolute Gasteiger partial charge is 0.480 e. The molecule has 0 aromatic carbocycles. The summed E-state index contributed by atoms with van der Waals surface area (Å²) in [6, 6.07) is 4.78. The third-order valence-corrected chi connectivity index (χ3v) is 2.80. The molecule has 0 amide bonds. The van der Waals surface area contributed by atoms with Crippen LogP contribution in [0.1, 0.15) is 5.69 Å². The van der Waals surface area contributed by atoms with Crippen molar-refractivity contribution in [3.05, 3.63) is 34.0 Å². The van der Waals surface area contributed by atoms with E-state index in [2.05, 4.69) is 15.3 Å². The van der Waals surface area contributed by atoms with Crippen molar-refractivity contribution in [1.82, 2.24) is 19.8 Å². The first kappa shape index (κ1) is 11.3. The van der Waals surface area contributed by atoms with E-state index in [1.54, 1.807) is 25.1 Å². The molecule has 0 saturated carbocycles. The Kier molecular flexibility index (Phi) is 2.31. The van der Waals surface area contributed by atoms with E-state index < -0.39 is 4.92 Å². The van der Waals surface area contributed by atoms with E-state index in [1.807, 2.05) is 0 Å². The summed E-state index contributed by atoms with van der Waals surface area (Å²) in [5, 5.41) is 23.7. The predicted molar refractivity (Wildman–Crippen MR) is 66.2 cm³/mol. The topological polar surface area (TPSA) is 95.5 Å². The smallest absolute Gasteiger partial charge is 0.306 e. The van der Waals surface area contributed by atoms with Crippen LogP contribution in [0.15, 0.2) is 18.2 Å². The molecule has 0 bridgehead atoms. The molecule has 0 unspecified atom stereocenters. The summed E-state index contributed by atoms with van der Waals surface area (Å²) in [7, 11) is 1.48. The number of nitro groups is 1. The van der Waals surface area contributed by atoms with Gasteiger partial charge in [-0.05, 0) is 19.1 Å². The van der Waals surface area contributed by atoms with E-state index in [9.17, 15) is 10.1 Å². The Balaban J connectivity index is 2.53. The van der Waals surface area contributed by atoms with Gasteiger partial charge in [0.15, 0.2) is 5.65 Å². The lowest BCUT2D eigenvalue weighted by atomic mass is 10.2. The van der Waals surface area contributed by atoms with E-state index in [0.29, 0.717) is 28.1 Å². The highest BCUT2D eigenvalue weighted by Crippen LogP contribution is 2.32. The third-order valence-electron chi connectivity index (χ3n) is 2.80. The lowest BCUT2D eigenvalue weighted by Gasteiger charge is -1.98. The second-order valence-corrected chi connectivity index (χ2v) is 4.00. The number of hydrogen-bond acceptors (Lipinski definition) is 6. The zero-order valence-corrected chi connectivity index (χ0v) is 10.2. The summed E-state index contributed by atoms with van der Waals surface area (Å²) >= 11 is 0. The number of aryl methyl sites for hydroxylation is 1. The van der Waals surface area contributed by atoms with Gasteiger partial charge in [0.2, 0.25) is 5.88 Å². The zero-order valence-electron chi connectivity index (χ0n) is 10.2. The minimum absolute atomic E-state index is 0.0249. The first-order valence-corrected chi connectivity index (χ1v) is 5.46. The van der Waals surface area contributed by atoms with Crippen molar-refractivity contribution in [2.45, 2.75) is 6.92 Å². The first-order chi connectivity index (χ1) is 9.11. The SMILES string of the molecule is COc1ccc2c([N+](=O)[O-])c3cc(C)nnc3n2n1. The van der Waals surface area contributed by atoms with Gasteiger partial charge >= 0.3 is 5.69 Å². The molecule has 8 heteroatoms. The van der Waals surface area contributed by atoms with Gasteiger partial charge in [0.05, 0.1) is 17.7 Å². The van der Waals surface area contributed by atoms with Gasteiger partial charge in [0.25, 0.3) is 0 Å². The Hall–Kier alpha value is -2.77. The van der Waals surface area contributed by atoms with Crippen molar-refractivity contribution in [2.24, 2.45) is 0 Å². The summed E-state index contributed by atoms with van der Waals surface area (Å²) in [6.45, 7) is 1.73. The minimum Gasteiger partial charge on any atom is -0.480 e. The predicted octanol–water partition coefficient (Wildman–Crippen LogP) is 1.50. The molecule has 0 aliphatic rings.